The van der Waals surface area contributed by atoms with E-state index >= 15 is 0 Å². The third-order valence-electron chi connectivity index (χ3n) is 3.68. The summed E-state index contributed by atoms with van der Waals surface area (Å²) in [4.78, 5) is 4.28. The van der Waals surface area contributed by atoms with Crippen LogP contribution in [-0.4, -0.2) is 24.3 Å². The number of nitrogens with zero attached hydrogens (tertiary/aromatic N) is 1. The van der Waals surface area contributed by atoms with Gasteiger partial charge in [-0.1, -0.05) is 11.6 Å². The van der Waals surface area contributed by atoms with Gasteiger partial charge in [-0.2, -0.15) is 0 Å². The summed E-state index contributed by atoms with van der Waals surface area (Å²) in [5, 5.41) is 10.3. The van der Waals surface area contributed by atoms with Crippen LogP contribution in [-0.2, 0) is 6.42 Å². The lowest BCUT2D eigenvalue weighted by Gasteiger charge is -2.12. The molecular formula is C20H23NO3. The zero-order valence-corrected chi connectivity index (χ0v) is 14.4. The van der Waals surface area contributed by atoms with Crippen molar-refractivity contribution in [2.75, 3.05) is 14.2 Å². The van der Waals surface area contributed by atoms with Crippen LogP contribution < -0.4 is 9.47 Å². The highest BCUT2D eigenvalue weighted by molar-refractivity contribution is 5.72. The first-order valence-electron chi connectivity index (χ1n) is 7.76. The Bertz CT molecular complexity index is 751. The van der Waals surface area contributed by atoms with Crippen molar-refractivity contribution in [3.63, 3.8) is 0 Å². The minimum atomic E-state index is 0.225. The van der Waals surface area contributed by atoms with Gasteiger partial charge in [0, 0.05) is 11.8 Å². The molecule has 0 saturated carbocycles. The molecule has 0 spiro atoms. The molecule has 1 aromatic carbocycles. The Morgan fingerprint density at radius 3 is 2.62 bits per heavy atom. The monoisotopic (exact) mass is 325 g/mol. The number of ether oxygens (including phenoxy) is 2. The number of aromatic hydroxyl groups is 1. The van der Waals surface area contributed by atoms with E-state index in [-0.39, 0.29) is 5.75 Å². The van der Waals surface area contributed by atoms with E-state index in [1.165, 1.54) is 0 Å². The fourth-order valence-electron chi connectivity index (χ4n) is 2.40. The predicted molar refractivity (Wildman–Crippen MR) is 97.5 cm³/mol. The molecule has 0 unspecified atom stereocenters. The molecule has 4 heteroatoms. The first-order valence-corrected chi connectivity index (χ1v) is 7.76. The molecular weight excluding hydrogens is 302 g/mol. The van der Waals surface area contributed by atoms with Gasteiger partial charge in [-0.3, -0.25) is 4.98 Å². The van der Waals surface area contributed by atoms with Crippen LogP contribution in [0.1, 0.15) is 30.2 Å². The molecule has 4 nitrogen and oxygen atoms in total. The molecule has 1 aromatic heterocycles. The van der Waals surface area contributed by atoms with Crippen LogP contribution >= 0.6 is 0 Å². The molecule has 2 rings (SSSR count). The normalized spacial score (nSPS) is 10.8. The van der Waals surface area contributed by atoms with Crippen LogP contribution in [0.2, 0.25) is 0 Å². The van der Waals surface area contributed by atoms with Gasteiger partial charge < -0.3 is 14.6 Å². The minimum absolute atomic E-state index is 0.225. The van der Waals surface area contributed by atoms with Crippen molar-refractivity contribution in [2.24, 2.45) is 0 Å². The van der Waals surface area contributed by atoms with Gasteiger partial charge in [0.05, 0.1) is 14.2 Å². The Morgan fingerprint density at radius 1 is 1.21 bits per heavy atom. The van der Waals surface area contributed by atoms with Crippen LogP contribution in [0.25, 0.3) is 12.2 Å². The molecule has 0 saturated heterocycles. The molecule has 0 fully saturated rings. The summed E-state index contributed by atoms with van der Waals surface area (Å²) in [6, 6.07) is 7.30. The first kappa shape index (κ1) is 17.6. The number of hydrogen-bond donors (Lipinski definition) is 1. The van der Waals surface area contributed by atoms with Gasteiger partial charge in [0.2, 0.25) is 0 Å². The van der Waals surface area contributed by atoms with Gasteiger partial charge >= 0.3 is 0 Å². The lowest BCUT2D eigenvalue weighted by molar-refractivity contribution is 0.399. The van der Waals surface area contributed by atoms with Crippen molar-refractivity contribution in [1.29, 1.82) is 0 Å². The van der Waals surface area contributed by atoms with Gasteiger partial charge in [0.25, 0.3) is 0 Å². The van der Waals surface area contributed by atoms with Crippen molar-refractivity contribution in [2.45, 2.75) is 19.8 Å². The van der Waals surface area contributed by atoms with Crippen LogP contribution in [0.15, 0.2) is 42.6 Å². The summed E-state index contributed by atoms with van der Waals surface area (Å²) in [7, 11) is 3.22. The highest BCUT2D eigenvalue weighted by Gasteiger charge is 2.10. The van der Waals surface area contributed by atoms with Gasteiger partial charge in [0.1, 0.15) is 22.9 Å². The van der Waals surface area contributed by atoms with E-state index in [1.54, 1.807) is 26.5 Å². The summed E-state index contributed by atoms with van der Waals surface area (Å²) in [5.74, 6) is 1.59. The van der Waals surface area contributed by atoms with Crippen molar-refractivity contribution >= 4 is 12.2 Å². The van der Waals surface area contributed by atoms with E-state index in [9.17, 15) is 5.11 Å². The Balaban J connectivity index is 2.30. The Hall–Kier alpha value is -2.75. The molecule has 2 aromatic rings. The molecule has 0 aliphatic carbocycles. The van der Waals surface area contributed by atoms with E-state index in [0.717, 1.165) is 28.8 Å². The largest absolute Gasteiger partial charge is 0.508 e. The molecule has 1 heterocycles. The summed E-state index contributed by atoms with van der Waals surface area (Å²) >= 11 is 0. The number of phenols is 1. The van der Waals surface area contributed by atoms with Gasteiger partial charge in [-0.25, -0.2) is 0 Å². The maximum Gasteiger partial charge on any atom is 0.144 e. The summed E-state index contributed by atoms with van der Waals surface area (Å²) in [6.07, 6.45) is 6.93. The molecule has 0 amide bonds. The smallest absolute Gasteiger partial charge is 0.144 e. The zero-order chi connectivity index (χ0) is 17.5. The third-order valence-corrected chi connectivity index (χ3v) is 3.68. The number of phenolic OH excluding ortho intramolecular Hbond substituents is 1. The van der Waals surface area contributed by atoms with E-state index < -0.39 is 0 Å². The van der Waals surface area contributed by atoms with E-state index in [0.29, 0.717) is 17.9 Å². The molecule has 24 heavy (non-hydrogen) atoms. The minimum Gasteiger partial charge on any atom is -0.508 e. The molecule has 1 N–H and O–H groups in total. The average molecular weight is 325 g/mol. The number of allylic oxidation sites excluding steroid dienone is 1. The Morgan fingerprint density at radius 2 is 1.96 bits per heavy atom. The average Bonchev–Trinajstić information content (AvgIpc) is 2.58. The van der Waals surface area contributed by atoms with Crippen LogP contribution in [0.5, 0.6) is 17.2 Å². The standard InChI is InChI=1S/C20H23NO3/c1-14(2)7-9-16-18(22)12-15(13-20(16)24-4)8-10-17-19(23-3)6-5-11-21-17/h5-6,8,10-13,22H,1,7,9H2,2-4H3/b10-8+. The number of rotatable bonds is 7. The third kappa shape index (κ3) is 4.38. The molecule has 0 aliphatic rings. The SMILES string of the molecule is C=C(C)CCc1c(O)cc(/C=C/c2ncccc2OC)cc1OC. The highest BCUT2D eigenvalue weighted by atomic mass is 16.5. The van der Waals surface area contributed by atoms with Crippen molar-refractivity contribution in [3.05, 3.63) is 59.4 Å². The predicted octanol–water partition coefficient (Wildman–Crippen LogP) is 4.48. The van der Waals surface area contributed by atoms with Gasteiger partial charge in [-0.05, 0) is 55.7 Å². The number of hydrogen-bond acceptors (Lipinski definition) is 4. The molecule has 0 bridgehead atoms. The second kappa shape index (κ2) is 8.20. The number of pyridine rings is 1. The number of benzene rings is 1. The van der Waals surface area contributed by atoms with E-state index in [4.69, 9.17) is 9.47 Å². The van der Waals surface area contributed by atoms with Crippen LogP contribution in [0.3, 0.4) is 0 Å². The van der Waals surface area contributed by atoms with Crippen molar-refractivity contribution in [3.8, 4) is 17.2 Å². The van der Waals surface area contributed by atoms with Crippen molar-refractivity contribution < 1.29 is 14.6 Å². The first-order chi connectivity index (χ1) is 11.5. The molecule has 126 valence electrons. The van der Waals surface area contributed by atoms with E-state index in [2.05, 4.69) is 11.6 Å². The zero-order valence-electron chi connectivity index (χ0n) is 14.4. The summed E-state index contributed by atoms with van der Waals surface area (Å²) in [5.41, 5.74) is 3.43. The van der Waals surface area contributed by atoms with Crippen LogP contribution in [0, 0.1) is 0 Å². The van der Waals surface area contributed by atoms with E-state index in [1.807, 2.05) is 37.3 Å². The Labute approximate surface area is 143 Å². The maximum atomic E-state index is 10.3. The molecule has 0 atom stereocenters. The lowest BCUT2D eigenvalue weighted by atomic mass is 10.0. The maximum absolute atomic E-state index is 10.3. The van der Waals surface area contributed by atoms with Gasteiger partial charge in [0.15, 0.2) is 0 Å². The molecule has 0 radical (unpaired) electrons. The molecule has 0 aliphatic heterocycles. The highest BCUT2D eigenvalue weighted by Crippen LogP contribution is 2.32. The quantitative estimate of drug-likeness (QED) is 0.762. The number of methoxy groups -OCH3 is 2. The second-order valence-corrected chi connectivity index (χ2v) is 5.60. The van der Waals surface area contributed by atoms with Gasteiger partial charge in [-0.15, -0.1) is 6.58 Å². The van der Waals surface area contributed by atoms with Crippen molar-refractivity contribution in [1.82, 2.24) is 4.98 Å². The fraction of sp³-hybridized carbons (Fsp3) is 0.250. The summed E-state index contributed by atoms with van der Waals surface area (Å²) in [6.45, 7) is 5.87. The second-order valence-electron chi connectivity index (χ2n) is 5.60. The fourth-order valence-corrected chi connectivity index (χ4v) is 2.40. The topological polar surface area (TPSA) is 51.6 Å². The lowest BCUT2D eigenvalue weighted by Crippen LogP contribution is -1.95. The number of aromatic nitrogens is 1. The summed E-state index contributed by atoms with van der Waals surface area (Å²) < 4.78 is 10.7. The Kier molecular flexibility index (Phi) is 6.01. The van der Waals surface area contributed by atoms with Crippen LogP contribution in [0.4, 0.5) is 0 Å².